The van der Waals surface area contributed by atoms with E-state index >= 15 is 0 Å². The van der Waals surface area contributed by atoms with E-state index < -0.39 is 0 Å². The number of amides is 1. The summed E-state index contributed by atoms with van der Waals surface area (Å²) in [6, 6.07) is 12.3. The monoisotopic (exact) mass is 342 g/mol. The Kier molecular flexibility index (Phi) is 7.58. The first-order valence-corrected chi connectivity index (χ1v) is 9.22. The van der Waals surface area contributed by atoms with Gasteiger partial charge in [0, 0.05) is 31.4 Å². The van der Waals surface area contributed by atoms with Crippen LogP contribution in [-0.4, -0.2) is 29.0 Å². The number of aromatic nitrogens is 1. The van der Waals surface area contributed by atoms with Crippen molar-refractivity contribution >= 4 is 5.91 Å². The molecule has 0 N–H and O–H groups in total. The first-order valence-electron chi connectivity index (χ1n) is 9.22. The number of nitrogens with zero attached hydrogens (tertiary/aromatic N) is 2. The fraction of sp³-hybridized carbons (Fsp3) is 0.476. The molecule has 4 heteroatoms. The maximum Gasteiger partial charge on any atom is 0.222 e. The Morgan fingerprint density at radius 1 is 1.16 bits per heavy atom. The van der Waals surface area contributed by atoms with Crippen LogP contribution >= 0.6 is 0 Å². The van der Waals surface area contributed by atoms with Gasteiger partial charge < -0.3 is 14.2 Å². The van der Waals surface area contributed by atoms with Crippen LogP contribution in [0.2, 0.25) is 0 Å². The second-order valence-corrected chi connectivity index (χ2v) is 6.40. The zero-order valence-electron chi connectivity index (χ0n) is 15.7. The maximum absolute atomic E-state index is 12.4. The highest BCUT2D eigenvalue weighted by Gasteiger charge is 2.14. The van der Waals surface area contributed by atoms with Gasteiger partial charge in [0.2, 0.25) is 5.91 Å². The number of carbonyl (C=O) groups excluding carboxylic acids is 1. The number of benzene rings is 1. The fourth-order valence-electron chi connectivity index (χ4n) is 2.92. The maximum atomic E-state index is 12.4. The predicted molar refractivity (Wildman–Crippen MR) is 102 cm³/mol. The second kappa shape index (κ2) is 9.92. The summed E-state index contributed by atoms with van der Waals surface area (Å²) in [5, 5.41) is 0. The van der Waals surface area contributed by atoms with Gasteiger partial charge in [0.1, 0.15) is 5.75 Å². The SMILES string of the molecule is CCCCN(Cc1cccn1Cc1cccc(OC)c1)C(=O)CCC. The summed E-state index contributed by atoms with van der Waals surface area (Å²) >= 11 is 0. The predicted octanol–water partition coefficient (Wildman–Crippen LogP) is 4.47. The van der Waals surface area contributed by atoms with Crippen LogP contribution in [0, 0.1) is 0 Å². The highest BCUT2D eigenvalue weighted by Crippen LogP contribution is 2.16. The van der Waals surface area contributed by atoms with E-state index in [0.717, 1.165) is 38.1 Å². The number of ether oxygens (including phenoxy) is 1. The summed E-state index contributed by atoms with van der Waals surface area (Å²) in [6.07, 6.45) is 5.75. The first-order chi connectivity index (χ1) is 12.2. The van der Waals surface area contributed by atoms with Gasteiger partial charge in [0.15, 0.2) is 0 Å². The molecule has 0 saturated heterocycles. The van der Waals surface area contributed by atoms with Crippen LogP contribution in [0.3, 0.4) is 0 Å². The van der Waals surface area contributed by atoms with Crippen molar-refractivity contribution in [3.05, 3.63) is 53.9 Å². The van der Waals surface area contributed by atoms with E-state index in [-0.39, 0.29) is 5.91 Å². The van der Waals surface area contributed by atoms with E-state index in [9.17, 15) is 4.79 Å². The summed E-state index contributed by atoms with van der Waals surface area (Å²) in [6.45, 7) is 6.51. The van der Waals surface area contributed by atoms with Gasteiger partial charge >= 0.3 is 0 Å². The minimum Gasteiger partial charge on any atom is -0.497 e. The zero-order chi connectivity index (χ0) is 18.1. The van der Waals surface area contributed by atoms with Gasteiger partial charge in [0.05, 0.1) is 13.7 Å². The minimum atomic E-state index is 0.255. The molecule has 1 heterocycles. The number of methoxy groups -OCH3 is 1. The van der Waals surface area contributed by atoms with E-state index in [1.165, 1.54) is 11.3 Å². The van der Waals surface area contributed by atoms with Gasteiger partial charge in [0.25, 0.3) is 0 Å². The lowest BCUT2D eigenvalue weighted by molar-refractivity contribution is -0.132. The summed E-state index contributed by atoms with van der Waals surface area (Å²) < 4.78 is 7.52. The Morgan fingerprint density at radius 2 is 2.00 bits per heavy atom. The summed E-state index contributed by atoms with van der Waals surface area (Å²) in [5.41, 5.74) is 2.36. The van der Waals surface area contributed by atoms with E-state index in [1.807, 2.05) is 17.0 Å². The zero-order valence-corrected chi connectivity index (χ0v) is 15.7. The standard InChI is InChI=1S/C21H30N2O2/c1-4-6-13-23(21(24)9-5-2)17-19-11-8-14-22(19)16-18-10-7-12-20(15-18)25-3/h7-8,10-12,14-15H,4-6,9,13,16-17H2,1-3H3. The van der Waals surface area contributed by atoms with E-state index in [0.29, 0.717) is 13.0 Å². The van der Waals surface area contributed by atoms with Crippen molar-refractivity contribution in [3.63, 3.8) is 0 Å². The molecular weight excluding hydrogens is 312 g/mol. The molecule has 1 aromatic carbocycles. The molecule has 136 valence electrons. The lowest BCUT2D eigenvalue weighted by atomic mass is 10.2. The molecule has 25 heavy (non-hydrogen) atoms. The van der Waals surface area contributed by atoms with Crippen molar-refractivity contribution in [2.75, 3.05) is 13.7 Å². The quantitative estimate of drug-likeness (QED) is 0.638. The molecule has 2 rings (SSSR count). The molecule has 1 aromatic heterocycles. The molecule has 0 bridgehead atoms. The van der Waals surface area contributed by atoms with Crippen molar-refractivity contribution in [2.45, 2.75) is 52.6 Å². The number of hydrogen-bond acceptors (Lipinski definition) is 2. The summed E-state index contributed by atoms with van der Waals surface area (Å²) in [7, 11) is 1.69. The van der Waals surface area contributed by atoms with Crippen LogP contribution in [-0.2, 0) is 17.9 Å². The Bertz CT molecular complexity index is 663. The highest BCUT2D eigenvalue weighted by molar-refractivity contribution is 5.76. The van der Waals surface area contributed by atoms with Gasteiger partial charge in [-0.25, -0.2) is 0 Å². The second-order valence-electron chi connectivity index (χ2n) is 6.40. The normalized spacial score (nSPS) is 10.7. The molecule has 0 aliphatic rings. The average Bonchev–Trinajstić information content (AvgIpc) is 3.05. The molecular formula is C21H30N2O2. The van der Waals surface area contributed by atoms with Crippen molar-refractivity contribution in [1.82, 2.24) is 9.47 Å². The van der Waals surface area contributed by atoms with Gasteiger partial charge in [-0.15, -0.1) is 0 Å². The molecule has 0 atom stereocenters. The lowest BCUT2D eigenvalue weighted by Gasteiger charge is -2.23. The van der Waals surface area contributed by atoms with Crippen LogP contribution in [0.25, 0.3) is 0 Å². The first kappa shape index (κ1) is 19.1. The van der Waals surface area contributed by atoms with E-state index in [2.05, 4.69) is 48.9 Å². The largest absolute Gasteiger partial charge is 0.497 e. The fourth-order valence-corrected chi connectivity index (χ4v) is 2.92. The van der Waals surface area contributed by atoms with Gasteiger partial charge in [-0.1, -0.05) is 32.4 Å². The van der Waals surface area contributed by atoms with Gasteiger partial charge in [-0.3, -0.25) is 4.79 Å². The minimum absolute atomic E-state index is 0.255. The summed E-state index contributed by atoms with van der Waals surface area (Å²) in [4.78, 5) is 14.4. The summed E-state index contributed by atoms with van der Waals surface area (Å²) in [5.74, 6) is 1.12. The Morgan fingerprint density at radius 3 is 2.72 bits per heavy atom. The molecule has 0 spiro atoms. The van der Waals surface area contributed by atoms with Crippen molar-refractivity contribution < 1.29 is 9.53 Å². The molecule has 0 aliphatic heterocycles. The van der Waals surface area contributed by atoms with Gasteiger partial charge in [-0.2, -0.15) is 0 Å². The number of unbranched alkanes of at least 4 members (excludes halogenated alkanes) is 1. The average molecular weight is 342 g/mol. The third-order valence-electron chi connectivity index (χ3n) is 4.36. The van der Waals surface area contributed by atoms with Gasteiger partial charge in [-0.05, 0) is 42.7 Å². The van der Waals surface area contributed by atoms with Crippen LogP contribution in [0.5, 0.6) is 5.75 Å². The van der Waals surface area contributed by atoms with E-state index in [1.54, 1.807) is 7.11 Å². The molecule has 0 unspecified atom stereocenters. The number of carbonyl (C=O) groups is 1. The molecule has 0 radical (unpaired) electrons. The topological polar surface area (TPSA) is 34.5 Å². The smallest absolute Gasteiger partial charge is 0.222 e. The van der Waals surface area contributed by atoms with Crippen LogP contribution in [0.1, 0.15) is 50.8 Å². The van der Waals surface area contributed by atoms with Crippen molar-refractivity contribution in [3.8, 4) is 5.75 Å². The Labute approximate surface area is 151 Å². The third-order valence-corrected chi connectivity index (χ3v) is 4.36. The Hall–Kier alpha value is -2.23. The number of rotatable bonds is 10. The van der Waals surface area contributed by atoms with Crippen molar-refractivity contribution in [1.29, 1.82) is 0 Å². The third kappa shape index (κ3) is 5.66. The molecule has 2 aromatic rings. The van der Waals surface area contributed by atoms with Crippen LogP contribution in [0.15, 0.2) is 42.6 Å². The van der Waals surface area contributed by atoms with E-state index in [4.69, 9.17) is 4.74 Å². The molecule has 4 nitrogen and oxygen atoms in total. The highest BCUT2D eigenvalue weighted by atomic mass is 16.5. The molecule has 0 fully saturated rings. The Balaban J connectivity index is 2.11. The lowest BCUT2D eigenvalue weighted by Crippen LogP contribution is -2.32. The molecule has 0 aliphatic carbocycles. The van der Waals surface area contributed by atoms with Crippen LogP contribution in [0.4, 0.5) is 0 Å². The van der Waals surface area contributed by atoms with Crippen molar-refractivity contribution in [2.24, 2.45) is 0 Å². The van der Waals surface area contributed by atoms with Crippen LogP contribution < -0.4 is 4.74 Å². The molecule has 1 amide bonds. The molecule has 0 saturated carbocycles. The number of hydrogen-bond donors (Lipinski definition) is 0.